The minimum Gasteiger partial charge on any atom is -0.370 e. The average molecular weight is 193 g/mol. The van der Waals surface area contributed by atoms with Crippen LogP contribution in [0.2, 0.25) is 0 Å². The fraction of sp³-hybridized carbons (Fsp3) is 0.636. The van der Waals surface area contributed by atoms with Crippen molar-refractivity contribution < 1.29 is 0 Å². The predicted octanol–water partition coefficient (Wildman–Crippen LogP) is 0.671. The fourth-order valence-corrected chi connectivity index (χ4v) is 2.11. The summed E-state index contributed by atoms with van der Waals surface area (Å²) >= 11 is 0. The zero-order valence-corrected chi connectivity index (χ0v) is 9.01. The molecule has 3 nitrogen and oxygen atoms in total. The Balaban J connectivity index is 2.01. The van der Waals surface area contributed by atoms with Gasteiger partial charge in [-0.25, -0.2) is 0 Å². The van der Waals surface area contributed by atoms with Crippen LogP contribution in [0.4, 0.5) is 0 Å². The highest BCUT2D eigenvalue weighted by atomic mass is 15.3. The van der Waals surface area contributed by atoms with Crippen molar-refractivity contribution in [3.63, 3.8) is 0 Å². The Morgan fingerprint density at radius 3 is 2.64 bits per heavy atom. The van der Waals surface area contributed by atoms with Crippen LogP contribution in [0, 0.1) is 0 Å². The monoisotopic (exact) mass is 193 g/mol. The molecule has 0 aromatic carbocycles. The SMILES string of the molecule is CC1=CC(N2CCNCC2)NC(C)=C1. The summed E-state index contributed by atoms with van der Waals surface area (Å²) in [6, 6.07) is 0. The van der Waals surface area contributed by atoms with Gasteiger partial charge in [-0.3, -0.25) is 4.90 Å². The van der Waals surface area contributed by atoms with Gasteiger partial charge in [-0.15, -0.1) is 0 Å². The molecule has 78 valence electrons. The van der Waals surface area contributed by atoms with Crippen LogP contribution in [0.25, 0.3) is 0 Å². The second kappa shape index (κ2) is 4.15. The molecule has 2 heterocycles. The molecule has 1 saturated heterocycles. The van der Waals surface area contributed by atoms with Crippen LogP contribution < -0.4 is 10.6 Å². The number of hydrogen-bond donors (Lipinski definition) is 2. The molecule has 2 aliphatic heterocycles. The Labute approximate surface area is 85.9 Å². The molecule has 1 unspecified atom stereocenters. The lowest BCUT2D eigenvalue weighted by Gasteiger charge is -2.36. The number of piperazine rings is 1. The molecule has 0 amide bonds. The molecular formula is C11H19N3. The summed E-state index contributed by atoms with van der Waals surface area (Å²) in [5.74, 6) is 0. The molecule has 0 saturated carbocycles. The number of hydrogen-bond acceptors (Lipinski definition) is 3. The van der Waals surface area contributed by atoms with E-state index in [4.69, 9.17) is 0 Å². The van der Waals surface area contributed by atoms with Crippen molar-refractivity contribution in [3.05, 3.63) is 23.4 Å². The quantitative estimate of drug-likeness (QED) is 0.641. The highest BCUT2D eigenvalue weighted by molar-refractivity contribution is 5.26. The number of rotatable bonds is 1. The van der Waals surface area contributed by atoms with Crippen LogP contribution >= 0.6 is 0 Å². The number of dihydropyridines is 1. The minimum atomic E-state index is 0.405. The molecule has 2 rings (SSSR count). The molecule has 0 radical (unpaired) electrons. The summed E-state index contributed by atoms with van der Waals surface area (Å²) in [5, 5.41) is 6.87. The highest BCUT2D eigenvalue weighted by Crippen LogP contribution is 2.12. The van der Waals surface area contributed by atoms with E-state index in [1.54, 1.807) is 0 Å². The van der Waals surface area contributed by atoms with Gasteiger partial charge in [-0.1, -0.05) is 5.57 Å². The van der Waals surface area contributed by atoms with E-state index in [1.165, 1.54) is 11.3 Å². The Kier molecular flexibility index (Phi) is 2.89. The third-order valence-electron chi connectivity index (χ3n) is 2.79. The molecule has 0 spiro atoms. The first kappa shape index (κ1) is 9.74. The fourth-order valence-electron chi connectivity index (χ4n) is 2.11. The summed E-state index contributed by atoms with van der Waals surface area (Å²) in [7, 11) is 0. The Morgan fingerprint density at radius 2 is 2.00 bits per heavy atom. The zero-order valence-electron chi connectivity index (χ0n) is 9.01. The second-order valence-corrected chi connectivity index (χ2v) is 4.11. The van der Waals surface area contributed by atoms with E-state index in [2.05, 4.69) is 41.5 Å². The van der Waals surface area contributed by atoms with Gasteiger partial charge in [0, 0.05) is 31.9 Å². The summed E-state index contributed by atoms with van der Waals surface area (Å²) in [6.45, 7) is 8.77. The van der Waals surface area contributed by atoms with E-state index >= 15 is 0 Å². The van der Waals surface area contributed by atoms with Crippen LogP contribution in [0.3, 0.4) is 0 Å². The molecule has 3 heteroatoms. The lowest BCUT2D eigenvalue weighted by molar-refractivity contribution is 0.183. The maximum Gasteiger partial charge on any atom is 0.0990 e. The minimum absolute atomic E-state index is 0.405. The molecule has 1 atom stereocenters. The van der Waals surface area contributed by atoms with Gasteiger partial charge < -0.3 is 10.6 Å². The van der Waals surface area contributed by atoms with Gasteiger partial charge in [0.2, 0.25) is 0 Å². The summed E-state index contributed by atoms with van der Waals surface area (Å²) < 4.78 is 0. The Bertz CT molecular complexity index is 262. The molecule has 1 fully saturated rings. The first-order valence-electron chi connectivity index (χ1n) is 5.34. The summed E-state index contributed by atoms with van der Waals surface area (Å²) in [6.07, 6.45) is 4.90. The molecule has 0 aliphatic carbocycles. The van der Waals surface area contributed by atoms with Crippen LogP contribution in [0.1, 0.15) is 13.8 Å². The van der Waals surface area contributed by atoms with Gasteiger partial charge in [0.05, 0.1) is 6.17 Å². The topological polar surface area (TPSA) is 27.3 Å². The van der Waals surface area contributed by atoms with Crippen molar-refractivity contribution in [2.75, 3.05) is 26.2 Å². The Morgan fingerprint density at radius 1 is 1.29 bits per heavy atom. The van der Waals surface area contributed by atoms with Crippen molar-refractivity contribution in [2.45, 2.75) is 20.0 Å². The lowest BCUT2D eigenvalue weighted by Crippen LogP contribution is -2.53. The summed E-state index contributed by atoms with van der Waals surface area (Å²) in [5.41, 5.74) is 2.64. The maximum atomic E-state index is 3.50. The van der Waals surface area contributed by atoms with Crippen LogP contribution in [-0.4, -0.2) is 37.2 Å². The zero-order chi connectivity index (χ0) is 9.97. The third kappa shape index (κ3) is 2.16. The maximum absolute atomic E-state index is 3.50. The largest absolute Gasteiger partial charge is 0.370 e. The van der Waals surface area contributed by atoms with E-state index < -0.39 is 0 Å². The standard InChI is InChI=1S/C11H19N3/c1-9-7-10(2)13-11(8-9)14-5-3-12-4-6-14/h7-8,11-13H,3-6H2,1-2H3. The molecular weight excluding hydrogens is 174 g/mol. The normalized spacial score (nSPS) is 29.1. The first-order valence-corrected chi connectivity index (χ1v) is 5.34. The van der Waals surface area contributed by atoms with Crippen molar-refractivity contribution in [1.82, 2.24) is 15.5 Å². The van der Waals surface area contributed by atoms with Gasteiger partial charge in [0.25, 0.3) is 0 Å². The molecule has 14 heavy (non-hydrogen) atoms. The highest BCUT2D eigenvalue weighted by Gasteiger charge is 2.19. The number of allylic oxidation sites excluding steroid dienone is 3. The first-order chi connectivity index (χ1) is 6.75. The van der Waals surface area contributed by atoms with Crippen molar-refractivity contribution >= 4 is 0 Å². The van der Waals surface area contributed by atoms with Crippen LogP contribution in [0.5, 0.6) is 0 Å². The van der Waals surface area contributed by atoms with E-state index in [9.17, 15) is 0 Å². The van der Waals surface area contributed by atoms with Crippen molar-refractivity contribution in [3.8, 4) is 0 Å². The van der Waals surface area contributed by atoms with Crippen LogP contribution in [0.15, 0.2) is 23.4 Å². The van der Waals surface area contributed by atoms with Gasteiger partial charge >= 0.3 is 0 Å². The molecule has 0 aromatic rings. The van der Waals surface area contributed by atoms with E-state index in [0.29, 0.717) is 6.17 Å². The second-order valence-electron chi connectivity index (χ2n) is 4.11. The lowest BCUT2D eigenvalue weighted by atomic mass is 10.1. The van der Waals surface area contributed by atoms with Gasteiger partial charge in [-0.05, 0) is 26.0 Å². The van der Waals surface area contributed by atoms with Gasteiger partial charge in [0.15, 0.2) is 0 Å². The van der Waals surface area contributed by atoms with Crippen molar-refractivity contribution in [1.29, 1.82) is 0 Å². The van der Waals surface area contributed by atoms with Crippen molar-refractivity contribution in [2.24, 2.45) is 0 Å². The van der Waals surface area contributed by atoms with Gasteiger partial charge in [-0.2, -0.15) is 0 Å². The van der Waals surface area contributed by atoms with Crippen LogP contribution in [-0.2, 0) is 0 Å². The average Bonchev–Trinajstić information content (AvgIpc) is 2.18. The molecule has 2 aliphatic rings. The molecule has 0 bridgehead atoms. The van der Waals surface area contributed by atoms with Gasteiger partial charge in [0.1, 0.15) is 0 Å². The molecule has 0 aromatic heterocycles. The number of nitrogens with zero attached hydrogens (tertiary/aromatic N) is 1. The smallest absolute Gasteiger partial charge is 0.0990 e. The third-order valence-corrected chi connectivity index (χ3v) is 2.79. The summed E-state index contributed by atoms with van der Waals surface area (Å²) in [4.78, 5) is 2.48. The number of nitrogens with one attached hydrogen (secondary N) is 2. The predicted molar refractivity (Wildman–Crippen MR) is 58.9 cm³/mol. The van der Waals surface area contributed by atoms with E-state index in [1.807, 2.05) is 0 Å². The van der Waals surface area contributed by atoms with E-state index in [0.717, 1.165) is 26.2 Å². The Hall–Kier alpha value is -0.800. The van der Waals surface area contributed by atoms with E-state index in [-0.39, 0.29) is 0 Å². The molecule has 2 N–H and O–H groups in total.